The fourth-order valence-electron chi connectivity index (χ4n) is 3.40. The summed E-state index contributed by atoms with van der Waals surface area (Å²) < 4.78 is 15.9. The van der Waals surface area contributed by atoms with E-state index < -0.39 is 17.5 Å². The van der Waals surface area contributed by atoms with Gasteiger partial charge in [-0.05, 0) is 42.3 Å². The van der Waals surface area contributed by atoms with Crippen LogP contribution < -0.4 is 15.7 Å². The average molecular weight is 443 g/mol. The molecule has 4 aromatic rings. The Hall–Kier alpha value is -4.39. The van der Waals surface area contributed by atoms with Crippen LogP contribution in [-0.2, 0) is 9.53 Å². The van der Waals surface area contributed by atoms with Crippen LogP contribution in [0, 0.1) is 0 Å². The zero-order chi connectivity index (χ0) is 23.2. The number of hydrogen-bond acceptors (Lipinski definition) is 6. The fourth-order valence-corrected chi connectivity index (χ4v) is 3.40. The van der Waals surface area contributed by atoms with E-state index >= 15 is 0 Å². The highest BCUT2D eigenvalue weighted by atomic mass is 16.5. The average Bonchev–Trinajstić information content (AvgIpc) is 2.83. The molecule has 1 aromatic heterocycles. The van der Waals surface area contributed by atoms with Gasteiger partial charge in [0.1, 0.15) is 11.3 Å². The quantitative estimate of drug-likeness (QED) is 0.330. The van der Waals surface area contributed by atoms with Crippen LogP contribution in [0.4, 0.5) is 5.69 Å². The van der Waals surface area contributed by atoms with Gasteiger partial charge in [0.15, 0.2) is 6.61 Å². The Labute approximate surface area is 189 Å². The monoisotopic (exact) mass is 443 g/mol. The summed E-state index contributed by atoms with van der Waals surface area (Å²) >= 11 is 0. The molecule has 1 N–H and O–H groups in total. The first-order valence-electron chi connectivity index (χ1n) is 10.4. The Morgan fingerprint density at radius 3 is 2.48 bits per heavy atom. The third-order valence-electron chi connectivity index (χ3n) is 4.87. The molecule has 0 aliphatic heterocycles. The van der Waals surface area contributed by atoms with E-state index in [2.05, 4.69) is 5.32 Å². The number of esters is 1. The van der Waals surface area contributed by atoms with Crippen LogP contribution in [0.25, 0.3) is 22.1 Å². The smallest absolute Gasteiger partial charge is 0.340 e. The summed E-state index contributed by atoms with van der Waals surface area (Å²) in [5, 5.41) is 3.41. The van der Waals surface area contributed by atoms with Gasteiger partial charge in [0.2, 0.25) is 0 Å². The first-order chi connectivity index (χ1) is 16.0. The molecule has 0 unspecified atom stereocenters. The Kier molecular flexibility index (Phi) is 6.50. The van der Waals surface area contributed by atoms with Crippen molar-refractivity contribution in [3.8, 4) is 16.9 Å². The number of para-hydroxylation sites is 1. The van der Waals surface area contributed by atoms with Crippen molar-refractivity contribution in [1.29, 1.82) is 0 Å². The van der Waals surface area contributed by atoms with E-state index in [0.29, 0.717) is 17.0 Å². The molecule has 0 aliphatic carbocycles. The lowest BCUT2D eigenvalue weighted by Crippen LogP contribution is -2.22. The third kappa shape index (κ3) is 5.10. The van der Waals surface area contributed by atoms with E-state index in [9.17, 15) is 14.4 Å². The highest BCUT2D eigenvalue weighted by Gasteiger charge is 2.15. The highest BCUT2D eigenvalue weighted by Crippen LogP contribution is 2.29. The maximum atomic E-state index is 12.4. The molecule has 0 saturated carbocycles. The van der Waals surface area contributed by atoms with Crippen molar-refractivity contribution in [2.45, 2.75) is 6.92 Å². The second-order valence-corrected chi connectivity index (χ2v) is 7.11. The zero-order valence-electron chi connectivity index (χ0n) is 17.9. The van der Waals surface area contributed by atoms with Crippen molar-refractivity contribution in [1.82, 2.24) is 0 Å². The van der Waals surface area contributed by atoms with Crippen LogP contribution in [0.2, 0.25) is 0 Å². The zero-order valence-corrected chi connectivity index (χ0v) is 17.9. The predicted octanol–water partition coefficient (Wildman–Crippen LogP) is 4.65. The van der Waals surface area contributed by atoms with Crippen molar-refractivity contribution in [2.75, 3.05) is 18.5 Å². The van der Waals surface area contributed by atoms with Crippen molar-refractivity contribution < 1.29 is 23.5 Å². The Bertz CT molecular complexity index is 1360. The Morgan fingerprint density at radius 1 is 0.939 bits per heavy atom. The molecule has 0 fully saturated rings. The molecule has 1 amide bonds. The summed E-state index contributed by atoms with van der Waals surface area (Å²) in [6, 6.07) is 22.6. The first kappa shape index (κ1) is 21.8. The number of benzene rings is 3. The second-order valence-electron chi connectivity index (χ2n) is 7.11. The maximum absolute atomic E-state index is 12.4. The molecule has 0 aliphatic rings. The van der Waals surface area contributed by atoms with E-state index in [4.69, 9.17) is 13.9 Å². The fraction of sp³-hybridized carbons (Fsp3) is 0.115. The second kappa shape index (κ2) is 9.82. The van der Waals surface area contributed by atoms with Gasteiger partial charge in [-0.25, -0.2) is 9.59 Å². The number of carbonyl (C=O) groups excluding carboxylic acids is 2. The van der Waals surface area contributed by atoms with Gasteiger partial charge < -0.3 is 19.2 Å². The van der Waals surface area contributed by atoms with Gasteiger partial charge in [0, 0.05) is 17.5 Å². The molecule has 7 heteroatoms. The number of nitrogens with one attached hydrogen (secondary N) is 1. The van der Waals surface area contributed by atoms with Crippen LogP contribution in [0.5, 0.6) is 5.75 Å². The van der Waals surface area contributed by atoms with Crippen molar-refractivity contribution in [2.24, 2.45) is 0 Å². The SMILES string of the molecule is CCOC(=O)c1ccccc1NC(=O)COc1ccc2c(-c3ccccc3)cc(=O)oc2c1. The van der Waals surface area contributed by atoms with Crippen LogP contribution >= 0.6 is 0 Å². The van der Waals surface area contributed by atoms with Crippen molar-refractivity contribution in [3.63, 3.8) is 0 Å². The van der Waals surface area contributed by atoms with E-state index in [1.807, 2.05) is 30.3 Å². The topological polar surface area (TPSA) is 94.8 Å². The van der Waals surface area contributed by atoms with Gasteiger partial charge in [-0.2, -0.15) is 0 Å². The number of anilines is 1. The minimum Gasteiger partial charge on any atom is -0.484 e. The summed E-state index contributed by atoms with van der Waals surface area (Å²) in [5.74, 6) is -0.607. The molecule has 33 heavy (non-hydrogen) atoms. The number of rotatable bonds is 7. The van der Waals surface area contributed by atoms with Gasteiger partial charge in [0.25, 0.3) is 5.91 Å². The molecule has 0 saturated heterocycles. The third-order valence-corrected chi connectivity index (χ3v) is 4.87. The summed E-state index contributed by atoms with van der Waals surface area (Å²) in [4.78, 5) is 36.6. The molecule has 1 heterocycles. The molecule has 3 aromatic carbocycles. The minimum atomic E-state index is -0.520. The molecule has 166 valence electrons. The number of ether oxygens (including phenoxy) is 2. The Morgan fingerprint density at radius 2 is 1.70 bits per heavy atom. The molecule has 0 radical (unpaired) electrons. The minimum absolute atomic E-state index is 0.230. The van der Waals surface area contributed by atoms with Gasteiger partial charge in [-0.3, -0.25) is 4.79 Å². The summed E-state index contributed by atoms with van der Waals surface area (Å²) in [5.41, 5.74) is 2.11. The Balaban J connectivity index is 1.50. The molecular weight excluding hydrogens is 422 g/mol. The molecule has 0 atom stereocenters. The van der Waals surface area contributed by atoms with Crippen molar-refractivity contribution in [3.05, 3.63) is 94.8 Å². The molecular formula is C26H21NO6. The normalized spacial score (nSPS) is 10.6. The van der Waals surface area contributed by atoms with Crippen LogP contribution in [0.1, 0.15) is 17.3 Å². The van der Waals surface area contributed by atoms with Gasteiger partial charge in [-0.1, -0.05) is 42.5 Å². The van der Waals surface area contributed by atoms with E-state index in [0.717, 1.165) is 16.5 Å². The van der Waals surface area contributed by atoms with Gasteiger partial charge >= 0.3 is 11.6 Å². The van der Waals surface area contributed by atoms with E-state index in [1.165, 1.54) is 6.07 Å². The standard InChI is InChI=1S/C26H21NO6/c1-2-31-26(30)20-10-6-7-11-22(20)27-24(28)16-32-18-12-13-19-21(17-8-4-3-5-9-17)15-25(29)33-23(19)14-18/h3-15H,2,16H2,1H3,(H,27,28). The lowest BCUT2D eigenvalue weighted by atomic mass is 10.0. The number of fused-ring (bicyclic) bond motifs is 1. The van der Waals surface area contributed by atoms with Crippen LogP contribution in [-0.4, -0.2) is 25.1 Å². The highest BCUT2D eigenvalue weighted by molar-refractivity contribution is 6.01. The van der Waals surface area contributed by atoms with E-state index in [-0.39, 0.29) is 18.8 Å². The molecule has 0 bridgehead atoms. The van der Waals surface area contributed by atoms with Crippen LogP contribution in [0.15, 0.2) is 88.1 Å². The lowest BCUT2D eigenvalue weighted by Gasteiger charge is -2.11. The summed E-state index contributed by atoms with van der Waals surface area (Å²) in [7, 11) is 0. The largest absolute Gasteiger partial charge is 0.484 e. The van der Waals surface area contributed by atoms with Gasteiger partial charge in [0.05, 0.1) is 17.9 Å². The molecule has 7 nitrogen and oxygen atoms in total. The lowest BCUT2D eigenvalue weighted by molar-refractivity contribution is -0.118. The predicted molar refractivity (Wildman–Crippen MR) is 124 cm³/mol. The van der Waals surface area contributed by atoms with E-state index in [1.54, 1.807) is 49.4 Å². The van der Waals surface area contributed by atoms with Crippen LogP contribution in [0.3, 0.4) is 0 Å². The number of amides is 1. The first-order valence-corrected chi connectivity index (χ1v) is 10.4. The number of hydrogen-bond donors (Lipinski definition) is 1. The maximum Gasteiger partial charge on any atom is 0.340 e. The molecule has 4 rings (SSSR count). The summed E-state index contributed by atoms with van der Waals surface area (Å²) in [6.45, 7) is 1.64. The van der Waals surface area contributed by atoms with Crippen molar-refractivity contribution >= 4 is 28.5 Å². The number of carbonyl (C=O) groups is 2. The molecule has 0 spiro atoms. The summed E-state index contributed by atoms with van der Waals surface area (Å²) in [6.07, 6.45) is 0. The van der Waals surface area contributed by atoms with Gasteiger partial charge in [-0.15, -0.1) is 0 Å².